The number of piperazine rings is 1. The second-order valence-electron chi connectivity index (χ2n) is 7.08. The Labute approximate surface area is 162 Å². The summed E-state index contributed by atoms with van der Waals surface area (Å²) in [6.07, 6.45) is 0. The molecule has 0 saturated carbocycles. The lowest BCUT2D eigenvalue weighted by Crippen LogP contribution is -2.49. The van der Waals surface area contributed by atoms with E-state index < -0.39 is 0 Å². The number of aromatic amines is 1. The number of aromatic nitrogens is 3. The standard InChI is InChI=1S/C19H24N6OS/c1-12-4-5-15-16(10-12)27-19(20-15)21-17(26)11-24-6-8-25(9-7-24)18-13(2)22-23-14(18)3/h4-5,10H,6-9,11H2,1-3H3,(H,22,23)(H,20,21,26). The fraction of sp³-hybridized carbons (Fsp3) is 0.421. The van der Waals surface area contributed by atoms with E-state index in [1.54, 1.807) is 0 Å². The summed E-state index contributed by atoms with van der Waals surface area (Å²) in [4.78, 5) is 21.5. The molecule has 0 radical (unpaired) electrons. The molecule has 0 atom stereocenters. The van der Waals surface area contributed by atoms with E-state index in [1.807, 2.05) is 19.1 Å². The van der Waals surface area contributed by atoms with Gasteiger partial charge in [0.1, 0.15) is 0 Å². The van der Waals surface area contributed by atoms with Crippen LogP contribution in [0.3, 0.4) is 0 Å². The van der Waals surface area contributed by atoms with E-state index in [0.29, 0.717) is 11.7 Å². The number of hydrogen-bond acceptors (Lipinski definition) is 6. The average Bonchev–Trinajstić information content (AvgIpc) is 3.17. The molecule has 2 N–H and O–H groups in total. The first kappa shape index (κ1) is 17.9. The van der Waals surface area contributed by atoms with Gasteiger partial charge in [0.25, 0.3) is 0 Å². The highest BCUT2D eigenvalue weighted by Gasteiger charge is 2.22. The Morgan fingerprint density at radius 3 is 2.70 bits per heavy atom. The summed E-state index contributed by atoms with van der Waals surface area (Å²) in [6, 6.07) is 6.13. The van der Waals surface area contributed by atoms with Gasteiger partial charge < -0.3 is 10.2 Å². The third kappa shape index (κ3) is 3.81. The molecule has 1 aliphatic rings. The van der Waals surface area contributed by atoms with Crippen molar-refractivity contribution in [2.45, 2.75) is 20.8 Å². The Morgan fingerprint density at radius 2 is 2.00 bits per heavy atom. The normalized spacial score (nSPS) is 15.4. The molecule has 1 aromatic carbocycles. The number of nitrogens with zero attached hydrogens (tertiary/aromatic N) is 4. The molecule has 7 nitrogen and oxygen atoms in total. The number of amides is 1. The van der Waals surface area contributed by atoms with Crippen LogP contribution < -0.4 is 10.2 Å². The van der Waals surface area contributed by atoms with Crippen LogP contribution in [0.1, 0.15) is 17.0 Å². The number of carbonyl (C=O) groups excluding carboxylic acids is 1. The highest BCUT2D eigenvalue weighted by Crippen LogP contribution is 2.27. The van der Waals surface area contributed by atoms with E-state index in [4.69, 9.17) is 0 Å². The molecule has 8 heteroatoms. The Balaban J connectivity index is 1.32. The monoisotopic (exact) mass is 384 g/mol. The summed E-state index contributed by atoms with van der Waals surface area (Å²) >= 11 is 1.52. The lowest BCUT2D eigenvalue weighted by Gasteiger charge is -2.35. The first-order chi connectivity index (χ1) is 13.0. The van der Waals surface area contributed by atoms with Gasteiger partial charge >= 0.3 is 0 Å². The number of thiazole rings is 1. The minimum atomic E-state index is -0.00472. The van der Waals surface area contributed by atoms with Crippen molar-refractivity contribution in [3.8, 4) is 0 Å². The van der Waals surface area contributed by atoms with E-state index in [9.17, 15) is 4.79 Å². The SMILES string of the molecule is Cc1ccc2nc(NC(=O)CN3CCN(c4c(C)n[nH]c4C)CC3)sc2c1. The summed E-state index contributed by atoms with van der Waals surface area (Å²) in [5.41, 5.74) is 5.46. The van der Waals surface area contributed by atoms with Gasteiger partial charge in [0, 0.05) is 26.2 Å². The molecule has 3 aromatic rings. The second-order valence-corrected chi connectivity index (χ2v) is 8.11. The molecule has 142 valence electrons. The zero-order valence-corrected chi connectivity index (χ0v) is 16.7. The number of nitrogens with one attached hydrogen (secondary N) is 2. The molecule has 0 unspecified atom stereocenters. The number of aryl methyl sites for hydroxylation is 3. The maximum Gasteiger partial charge on any atom is 0.240 e. The van der Waals surface area contributed by atoms with Crippen molar-refractivity contribution in [3.05, 3.63) is 35.2 Å². The van der Waals surface area contributed by atoms with Crippen LogP contribution in [0.5, 0.6) is 0 Å². The summed E-state index contributed by atoms with van der Waals surface area (Å²) in [5.74, 6) is -0.00472. The fourth-order valence-corrected chi connectivity index (χ4v) is 4.57. The number of benzene rings is 1. The van der Waals surface area contributed by atoms with Gasteiger partial charge in [-0.2, -0.15) is 5.10 Å². The number of carbonyl (C=O) groups is 1. The third-order valence-electron chi connectivity index (χ3n) is 4.94. The molecule has 1 saturated heterocycles. The summed E-state index contributed by atoms with van der Waals surface area (Å²) in [7, 11) is 0. The Bertz CT molecular complexity index is 950. The molecule has 0 spiro atoms. The molecular weight excluding hydrogens is 360 g/mol. The lowest BCUT2D eigenvalue weighted by molar-refractivity contribution is -0.117. The van der Waals surface area contributed by atoms with Crippen LogP contribution in [-0.2, 0) is 4.79 Å². The van der Waals surface area contributed by atoms with Crippen LogP contribution in [0.2, 0.25) is 0 Å². The molecule has 0 bridgehead atoms. The second kappa shape index (κ2) is 7.28. The van der Waals surface area contributed by atoms with Gasteiger partial charge in [-0.15, -0.1) is 0 Å². The smallest absolute Gasteiger partial charge is 0.240 e. The Hall–Kier alpha value is -2.45. The maximum absolute atomic E-state index is 12.4. The number of hydrogen-bond donors (Lipinski definition) is 2. The van der Waals surface area contributed by atoms with E-state index >= 15 is 0 Å². The molecule has 1 aliphatic heterocycles. The van der Waals surface area contributed by atoms with Crippen LogP contribution >= 0.6 is 11.3 Å². The molecule has 1 amide bonds. The van der Waals surface area contributed by atoms with Crippen LogP contribution in [0.15, 0.2) is 18.2 Å². The summed E-state index contributed by atoms with van der Waals surface area (Å²) in [6.45, 7) is 10.0. The number of fused-ring (bicyclic) bond motifs is 1. The van der Waals surface area contributed by atoms with Gasteiger partial charge in [-0.3, -0.25) is 14.8 Å². The Kier molecular flexibility index (Phi) is 4.84. The van der Waals surface area contributed by atoms with E-state index in [-0.39, 0.29) is 5.91 Å². The van der Waals surface area contributed by atoms with Crippen LogP contribution in [0, 0.1) is 20.8 Å². The van der Waals surface area contributed by atoms with Crippen molar-refractivity contribution >= 4 is 38.3 Å². The zero-order chi connectivity index (χ0) is 19.0. The van der Waals surface area contributed by atoms with Gasteiger partial charge in [0.15, 0.2) is 5.13 Å². The first-order valence-electron chi connectivity index (χ1n) is 9.15. The molecule has 2 aromatic heterocycles. The number of anilines is 2. The van der Waals surface area contributed by atoms with Gasteiger partial charge in [-0.25, -0.2) is 4.98 Å². The van der Waals surface area contributed by atoms with Crippen molar-refractivity contribution in [3.63, 3.8) is 0 Å². The first-order valence-corrected chi connectivity index (χ1v) is 9.97. The number of H-pyrrole nitrogens is 1. The van der Waals surface area contributed by atoms with Crippen molar-refractivity contribution in [1.29, 1.82) is 0 Å². The van der Waals surface area contributed by atoms with Gasteiger partial charge in [0.05, 0.1) is 33.8 Å². The molecule has 1 fully saturated rings. The highest BCUT2D eigenvalue weighted by molar-refractivity contribution is 7.22. The van der Waals surface area contributed by atoms with E-state index in [2.05, 4.69) is 50.2 Å². The van der Waals surface area contributed by atoms with Gasteiger partial charge in [0.2, 0.25) is 5.91 Å². The maximum atomic E-state index is 12.4. The topological polar surface area (TPSA) is 77.2 Å². The van der Waals surface area contributed by atoms with Crippen molar-refractivity contribution < 1.29 is 4.79 Å². The minimum Gasteiger partial charge on any atom is -0.366 e. The van der Waals surface area contributed by atoms with Crippen LogP contribution in [0.25, 0.3) is 10.2 Å². The van der Waals surface area contributed by atoms with Crippen molar-refractivity contribution in [2.24, 2.45) is 0 Å². The average molecular weight is 385 g/mol. The molecule has 3 heterocycles. The fourth-order valence-electron chi connectivity index (χ4n) is 3.59. The quantitative estimate of drug-likeness (QED) is 0.723. The van der Waals surface area contributed by atoms with E-state index in [0.717, 1.165) is 47.8 Å². The predicted octanol–water partition coefficient (Wildman–Crippen LogP) is 2.71. The minimum absolute atomic E-state index is 0.00472. The summed E-state index contributed by atoms with van der Waals surface area (Å²) < 4.78 is 1.10. The highest BCUT2D eigenvalue weighted by atomic mass is 32.1. The summed E-state index contributed by atoms with van der Waals surface area (Å²) in [5, 5.41) is 10.9. The van der Waals surface area contributed by atoms with Gasteiger partial charge in [-0.05, 0) is 38.5 Å². The van der Waals surface area contributed by atoms with Crippen molar-refractivity contribution in [1.82, 2.24) is 20.1 Å². The van der Waals surface area contributed by atoms with E-state index in [1.165, 1.54) is 22.6 Å². The largest absolute Gasteiger partial charge is 0.366 e. The van der Waals surface area contributed by atoms with Crippen LogP contribution in [-0.4, -0.2) is 58.7 Å². The van der Waals surface area contributed by atoms with Crippen LogP contribution in [0.4, 0.5) is 10.8 Å². The van der Waals surface area contributed by atoms with Crippen molar-refractivity contribution in [2.75, 3.05) is 42.9 Å². The zero-order valence-electron chi connectivity index (χ0n) is 15.9. The third-order valence-corrected chi connectivity index (χ3v) is 5.87. The van der Waals surface area contributed by atoms with Gasteiger partial charge in [-0.1, -0.05) is 17.4 Å². The molecular formula is C19H24N6OS. The number of rotatable bonds is 4. The molecule has 0 aliphatic carbocycles. The predicted molar refractivity (Wildman–Crippen MR) is 110 cm³/mol. The lowest BCUT2D eigenvalue weighted by atomic mass is 10.2. The Morgan fingerprint density at radius 1 is 1.22 bits per heavy atom. The molecule has 27 heavy (non-hydrogen) atoms. The molecule has 4 rings (SSSR count).